The minimum atomic E-state index is 0.0902. The van der Waals surface area contributed by atoms with Crippen molar-refractivity contribution in [2.24, 2.45) is 0 Å². The van der Waals surface area contributed by atoms with Crippen LogP contribution in [0.2, 0.25) is 0 Å². The van der Waals surface area contributed by atoms with Gasteiger partial charge in [0.25, 0.3) is 0 Å². The van der Waals surface area contributed by atoms with E-state index in [0.29, 0.717) is 0 Å². The Balaban J connectivity index is 1.03. The van der Waals surface area contributed by atoms with Crippen LogP contribution in [-0.2, 0) is 19.6 Å². The summed E-state index contributed by atoms with van der Waals surface area (Å²) in [6, 6.07) is 21.1. The first kappa shape index (κ1) is 43.7. The van der Waals surface area contributed by atoms with Crippen LogP contribution >= 0.6 is 0 Å². The average Bonchev–Trinajstić information content (AvgIpc) is 4.10. The van der Waals surface area contributed by atoms with E-state index in [-0.39, 0.29) is 11.8 Å². The van der Waals surface area contributed by atoms with E-state index in [1.807, 2.05) is 14.0 Å². The number of unbranched alkanes of at least 4 members (excludes halogenated alkanes) is 18. The van der Waals surface area contributed by atoms with Crippen molar-refractivity contribution >= 4 is 0 Å². The Bertz CT molecular complexity index is 2210. The first-order chi connectivity index (χ1) is 30.6. The summed E-state index contributed by atoms with van der Waals surface area (Å²) in [5.74, 6) is 0.208. The molecule has 3 heterocycles. The van der Waals surface area contributed by atoms with Crippen LogP contribution in [0.4, 0.5) is 0 Å². The molecule has 0 saturated heterocycles. The Morgan fingerprint density at radius 2 is 0.613 bits per heavy atom. The fourth-order valence-corrected chi connectivity index (χ4v) is 10.1. The van der Waals surface area contributed by atoms with Crippen LogP contribution in [0.1, 0.15) is 201 Å². The number of hydrogen-bond donors (Lipinski definition) is 0. The second-order valence-corrected chi connectivity index (χ2v) is 18.4. The van der Waals surface area contributed by atoms with Crippen LogP contribution < -0.4 is 0 Å². The standard InChI is InChI=1S/C53H71N9/c1-4-7-10-13-16-19-22-31-60-37-49(54-57-60)40-27-30-45-46(34-40)52-43-28-25-41(50-38-61(58-55-50)32-23-20-17-14-11-8-5-2)35-47(43)53(45)48-36-42(26-29-44(48)52)51-39-62(59-56-51)33-24-21-18-15-12-9-6-3/h25-30,34-39,52-53H,4-24,31-33H2,1-3H3. The van der Waals surface area contributed by atoms with Gasteiger partial charge in [0, 0.05) is 48.2 Å². The van der Waals surface area contributed by atoms with Gasteiger partial charge < -0.3 is 0 Å². The SMILES string of the molecule is CCCCCCCCCn1cc(-c2ccc3c(c2)C2c4ccc(-c5cn(CCCCCCCCC)nn5)cc4C3c3cc(-c4cn(CCCCCCCCC)nn4)ccc32)nn1. The summed E-state index contributed by atoms with van der Waals surface area (Å²) in [6.07, 6.45) is 33.5. The first-order valence-electron chi connectivity index (χ1n) is 24.8. The molecule has 3 aliphatic carbocycles. The number of hydrogen-bond acceptors (Lipinski definition) is 6. The molecule has 9 nitrogen and oxygen atoms in total. The molecule has 328 valence electrons. The predicted octanol–water partition coefficient (Wildman–Crippen LogP) is 13.7. The van der Waals surface area contributed by atoms with Gasteiger partial charge in [-0.1, -0.05) is 188 Å². The number of aromatic nitrogens is 9. The maximum atomic E-state index is 4.69. The zero-order valence-corrected chi connectivity index (χ0v) is 38.1. The maximum absolute atomic E-state index is 4.69. The molecule has 0 fully saturated rings. The molecule has 3 aromatic carbocycles. The summed E-state index contributed by atoms with van der Waals surface area (Å²) < 4.78 is 6.12. The van der Waals surface area contributed by atoms with Crippen LogP contribution in [0.5, 0.6) is 0 Å². The highest BCUT2D eigenvalue weighted by Crippen LogP contribution is 2.57. The van der Waals surface area contributed by atoms with Gasteiger partial charge in [-0.05, 0) is 70.8 Å². The lowest BCUT2D eigenvalue weighted by Gasteiger charge is -2.42. The molecular weight excluding hydrogens is 763 g/mol. The summed E-state index contributed by atoms with van der Waals surface area (Å²) in [4.78, 5) is 0. The Hall–Kier alpha value is -4.92. The molecule has 0 saturated carbocycles. The van der Waals surface area contributed by atoms with Crippen molar-refractivity contribution in [1.29, 1.82) is 0 Å². The van der Waals surface area contributed by atoms with Crippen LogP contribution in [0.25, 0.3) is 33.8 Å². The molecule has 3 aromatic heterocycles. The Kier molecular flexibility index (Phi) is 15.5. The molecule has 0 N–H and O–H groups in total. The Morgan fingerprint density at radius 3 is 0.919 bits per heavy atom. The monoisotopic (exact) mass is 834 g/mol. The normalized spacial score (nSPS) is 15.0. The smallest absolute Gasteiger partial charge is 0.113 e. The van der Waals surface area contributed by atoms with E-state index in [2.05, 4.69) is 115 Å². The number of rotatable bonds is 27. The van der Waals surface area contributed by atoms with Crippen molar-refractivity contribution in [3.63, 3.8) is 0 Å². The second kappa shape index (κ2) is 21.9. The fraction of sp³-hybridized carbons (Fsp3) is 0.547. The molecule has 62 heavy (non-hydrogen) atoms. The molecule has 0 aliphatic heterocycles. The molecule has 0 amide bonds. The van der Waals surface area contributed by atoms with Gasteiger partial charge in [0.1, 0.15) is 17.1 Å². The maximum Gasteiger partial charge on any atom is 0.113 e. The zero-order chi connectivity index (χ0) is 42.5. The molecule has 0 atom stereocenters. The van der Waals surface area contributed by atoms with Gasteiger partial charge in [-0.15, -0.1) is 15.3 Å². The van der Waals surface area contributed by atoms with Gasteiger partial charge in [0.2, 0.25) is 0 Å². The van der Waals surface area contributed by atoms with Crippen molar-refractivity contribution in [3.05, 3.63) is 107 Å². The third-order valence-electron chi connectivity index (χ3n) is 13.6. The van der Waals surface area contributed by atoms with Crippen molar-refractivity contribution in [2.75, 3.05) is 0 Å². The van der Waals surface area contributed by atoms with E-state index in [0.717, 1.165) is 72.7 Å². The molecular formula is C53H71N9. The topological polar surface area (TPSA) is 92.1 Å². The molecule has 9 rings (SSSR count). The minimum Gasteiger partial charge on any atom is -0.252 e. The molecule has 0 radical (unpaired) electrons. The second-order valence-electron chi connectivity index (χ2n) is 18.4. The van der Waals surface area contributed by atoms with E-state index >= 15 is 0 Å². The quantitative estimate of drug-likeness (QED) is 0.0479. The van der Waals surface area contributed by atoms with Crippen LogP contribution in [0.3, 0.4) is 0 Å². The number of nitrogens with zero attached hydrogens (tertiary/aromatic N) is 9. The molecule has 3 aliphatic rings. The van der Waals surface area contributed by atoms with Gasteiger partial charge >= 0.3 is 0 Å². The van der Waals surface area contributed by atoms with Crippen LogP contribution in [-0.4, -0.2) is 45.0 Å². The lowest BCUT2D eigenvalue weighted by Crippen LogP contribution is -2.27. The van der Waals surface area contributed by atoms with Crippen molar-refractivity contribution in [2.45, 2.75) is 187 Å². The first-order valence-corrected chi connectivity index (χ1v) is 24.8. The number of aryl methyl sites for hydroxylation is 3. The Labute approximate surface area is 371 Å². The minimum absolute atomic E-state index is 0.0902. The van der Waals surface area contributed by atoms with E-state index in [9.17, 15) is 0 Å². The molecule has 2 bridgehead atoms. The lowest BCUT2D eigenvalue weighted by atomic mass is 9.60. The predicted molar refractivity (Wildman–Crippen MR) is 252 cm³/mol. The Morgan fingerprint density at radius 1 is 0.339 bits per heavy atom. The molecule has 0 spiro atoms. The molecule has 6 aromatic rings. The third kappa shape index (κ3) is 10.5. The molecule has 0 unspecified atom stereocenters. The van der Waals surface area contributed by atoms with Gasteiger partial charge in [0.15, 0.2) is 0 Å². The fourth-order valence-electron chi connectivity index (χ4n) is 10.1. The summed E-state index contributed by atoms with van der Waals surface area (Å²) in [7, 11) is 0. The van der Waals surface area contributed by atoms with Crippen molar-refractivity contribution < 1.29 is 0 Å². The van der Waals surface area contributed by atoms with E-state index in [1.54, 1.807) is 0 Å². The van der Waals surface area contributed by atoms with Gasteiger partial charge in [-0.3, -0.25) is 14.0 Å². The summed E-state index contributed by atoms with van der Waals surface area (Å²) in [6.45, 7) is 9.58. The average molecular weight is 834 g/mol. The van der Waals surface area contributed by atoms with Gasteiger partial charge in [0.05, 0.1) is 18.6 Å². The highest BCUT2D eigenvalue weighted by atomic mass is 15.4. The number of benzene rings is 3. The highest BCUT2D eigenvalue weighted by Gasteiger charge is 2.42. The zero-order valence-electron chi connectivity index (χ0n) is 38.1. The summed E-state index contributed by atoms with van der Waals surface area (Å²) in [5.41, 5.74) is 14.4. The molecule has 9 heteroatoms. The van der Waals surface area contributed by atoms with Gasteiger partial charge in [-0.2, -0.15) is 0 Å². The third-order valence-corrected chi connectivity index (χ3v) is 13.6. The largest absolute Gasteiger partial charge is 0.252 e. The van der Waals surface area contributed by atoms with Crippen LogP contribution in [0.15, 0.2) is 73.2 Å². The summed E-state index contributed by atoms with van der Waals surface area (Å²) >= 11 is 0. The van der Waals surface area contributed by atoms with E-state index in [1.165, 1.54) is 149 Å². The van der Waals surface area contributed by atoms with Gasteiger partial charge in [-0.25, -0.2) is 0 Å². The van der Waals surface area contributed by atoms with E-state index in [4.69, 9.17) is 10.2 Å². The van der Waals surface area contributed by atoms with Crippen LogP contribution in [0, 0.1) is 0 Å². The van der Waals surface area contributed by atoms with Crippen molar-refractivity contribution in [1.82, 2.24) is 45.0 Å². The van der Waals surface area contributed by atoms with Crippen molar-refractivity contribution in [3.8, 4) is 33.8 Å². The highest BCUT2D eigenvalue weighted by molar-refractivity contribution is 5.76. The lowest BCUT2D eigenvalue weighted by molar-refractivity contribution is 0.513. The summed E-state index contributed by atoms with van der Waals surface area (Å²) in [5, 5.41) is 27.8. The van der Waals surface area contributed by atoms with E-state index < -0.39 is 0 Å².